The number of thioether (sulfide) groups is 1. The molecule has 0 fully saturated rings. The largest absolute Gasteiger partial charge is 0.416 e. The summed E-state index contributed by atoms with van der Waals surface area (Å²) in [4.78, 5) is 0. The first-order chi connectivity index (χ1) is 8.28. The second kappa shape index (κ2) is 5.79. The first-order valence-electron chi connectivity index (χ1n) is 4.96. The SMILES string of the molecule is COCSc1nnc(Cc2cccc(F)c2)o1. The highest BCUT2D eigenvalue weighted by molar-refractivity contribution is 7.98. The minimum atomic E-state index is -0.268. The molecule has 0 N–H and O–H groups in total. The summed E-state index contributed by atoms with van der Waals surface area (Å²) in [7, 11) is 1.59. The van der Waals surface area contributed by atoms with E-state index in [1.54, 1.807) is 13.2 Å². The summed E-state index contributed by atoms with van der Waals surface area (Å²) in [5, 5.41) is 8.18. The zero-order valence-corrected chi connectivity index (χ0v) is 10.0. The molecule has 90 valence electrons. The molecule has 0 saturated heterocycles. The summed E-state index contributed by atoms with van der Waals surface area (Å²) in [6.45, 7) is 0. The highest BCUT2D eigenvalue weighted by atomic mass is 32.2. The van der Waals surface area contributed by atoms with Gasteiger partial charge in [0.1, 0.15) is 11.8 Å². The fourth-order valence-electron chi connectivity index (χ4n) is 1.30. The maximum absolute atomic E-state index is 13.0. The first kappa shape index (κ1) is 12.1. The lowest BCUT2D eigenvalue weighted by atomic mass is 10.1. The predicted octanol–water partition coefficient (Wildman–Crippen LogP) is 2.50. The minimum Gasteiger partial charge on any atom is -0.416 e. The van der Waals surface area contributed by atoms with Crippen molar-refractivity contribution in [2.24, 2.45) is 0 Å². The Hall–Kier alpha value is -1.40. The molecule has 2 rings (SSSR count). The van der Waals surface area contributed by atoms with Gasteiger partial charge in [0, 0.05) is 7.11 Å². The molecular weight excluding hydrogens is 243 g/mol. The Morgan fingerprint density at radius 2 is 2.29 bits per heavy atom. The molecule has 1 heterocycles. The number of nitrogens with zero attached hydrogens (tertiary/aromatic N) is 2. The van der Waals surface area contributed by atoms with Gasteiger partial charge in [-0.25, -0.2) is 4.39 Å². The molecule has 2 aromatic rings. The molecule has 1 aromatic carbocycles. The van der Waals surface area contributed by atoms with Gasteiger partial charge in [0.25, 0.3) is 5.22 Å². The third kappa shape index (κ3) is 3.54. The summed E-state index contributed by atoms with van der Waals surface area (Å²) in [6.07, 6.45) is 0.429. The van der Waals surface area contributed by atoms with Crippen LogP contribution in [0.4, 0.5) is 4.39 Å². The zero-order valence-electron chi connectivity index (χ0n) is 9.22. The van der Waals surface area contributed by atoms with Crippen LogP contribution in [0, 0.1) is 5.82 Å². The van der Waals surface area contributed by atoms with Gasteiger partial charge in [-0.15, -0.1) is 10.2 Å². The topological polar surface area (TPSA) is 48.2 Å². The van der Waals surface area contributed by atoms with E-state index < -0.39 is 0 Å². The van der Waals surface area contributed by atoms with Crippen molar-refractivity contribution in [1.82, 2.24) is 10.2 Å². The lowest BCUT2D eigenvalue weighted by Crippen LogP contribution is -1.89. The van der Waals surface area contributed by atoms with Crippen LogP contribution in [0.3, 0.4) is 0 Å². The van der Waals surface area contributed by atoms with Crippen LogP contribution in [0.2, 0.25) is 0 Å². The summed E-state index contributed by atoms with van der Waals surface area (Å²) >= 11 is 1.32. The second-order valence-electron chi connectivity index (χ2n) is 3.32. The number of halogens is 1. The minimum absolute atomic E-state index is 0.268. The molecule has 4 nitrogen and oxygen atoms in total. The third-order valence-electron chi connectivity index (χ3n) is 1.99. The number of hydrogen-bond donors (Lipinski definition) is 0. The number of rotatable bonds is 5. The molecule has 0 unspecified atom stereocenters. The van der Waals surface area contributed by atoms with Crippen molar-refractivity contribution in [3.63, 3.8) is 0 Å². The van der Waals surface area contributed by atoms with Gasteiger partial charge in [-0.1, -0.05) is 12.1 Å². The number of ether oxygens (including phenoxy) is 1. The highest BCUT2D eigenvalue weighted by Crippen LogP contribution is 2.17. The predicted molar refractivity (Wildman–Crippen MR) is 61.2 cm³/mol. The molecule has 0 bridgehead atoms. The number of hydrogen-bond acceptors (Lipinski definition) is 5. The van der Waals surface area contributed by atoms with E-state index >= 15 is 0 Å². The Morgan fingerprint density at radius 3 is 3.06 bits per heavy atom. The average molecular weight is 254 g/mol. The van der Waals surface area contributed by atoms with Crippen LogP contribution in [-0.4, -0.2) is 23.2 Å². The van der Waals surface area contributed by atoms with Gasteiger partial charge < -0.3 is 9.15 Å². The smallest absolute Gasteiger partial charge is 0.278 e. The van der Waals surface area contributed by atoms with Gasteiger partial charge in [-0.3, -0.25) is 0 Å². The molecule has 0 aliphatic carbocycles. The molecule has 17 heavy (non-hydrogen) atoms. The first-order valence-corrected chi connectivity index (χ1v) is 5.95. The number of aromatic nitrogens is 2. The molecule has 1 aromatic heterocycles. The summed E-state index contributed by atoms with van der Waals surface area (Å²) in [6, 6.07) is 6.32. The van der Waals surface area contributed by atoms with Gasteiger partial charge in [0.2, 0.25) is 5.89 Å². The highest BCUT2D eigenvalue weighted by Gasteiger charge is 2.07. The Bertz CT molecular complexity index is 490. The molecule has 0 aliphatic rings. The van der Waals surface area contributed by atoms with E-state index in [4.69, 9.17) is 9.15 Å². The summed E-state index contributed by atoms with van der Waals surface area (Å²) in [5.74, 6) is 0.659. The van der Waals surface area contributed by atoms with E-state index in [2.05, 4.69) is 10.2 Å². The summed E-state index contributed by atoms with van der Waals surface area (Å²) < 4.78 is 23.2. The molecule has 0 amide bonds. The van der Waals surface area contributed by atoms with Crippen molar-refractivity contribution in [2.75, 3.05) is 13.0 Å². The maximum atomic E-state index is 13.0. The van der Waals surface area contributed by atoms with Crippen molar-refractivity contribution in [2.45, 2.75) is 11.6 Å². The van der Waals surface area contributed by atoms with Crippen LogP contribution in [0.15, 0.2) is 33.9 Å². The molecular formula is C11H11FN2O2S. The molecule has 6 heteroatoms. The van der Waals surface area contributed by atoms with Crippen LogP contribution >= 0.6 is 11.8 Å². The fraction of sp³-hybridized carbons (Fsp3) is 0.273. The average Bonchev–Trinajstić information content (AvgIpc) is 2.74. The van der Waals surface area contributed by atoms with E-state index in [1.165, 1.54) is 23.9 Å². The van der Waals surface area contributed by atoms with E-state index in [9.17, 15) is 4.39 Å². The molecule has 0 saturated carbocycles. The fourth-order valence-corrected chi connectivity index (χ4v) is 1.77. The normalized spacial score (nSPS) is 10.7. The van der Waals surface area contributed by atoms with Gasteiger partial charge in [-0.05, 0) is 29.5 Å². The van der Waals surface area contributed by atoms with E-state index in [0.717, 1.165) is 5.56 Å². The van der Waals surface area contributed by atoms with Crippen LogP contribution in [0.5, 0.6) is 0 Å². The molecule has 0 aliphatic heterocycles. The monoisotopic (exact) mass is 254 g/mol. The van der Waals surface area contributed by atoms with Crippen molar-refractivity contribution >= 4 is 11.8 Å². The Balaban J connectivity index is 2.01. The lowest BCUT2D eigenvalue weighted by molar-refractivity contribution is 0.257. The Kier molecular flexibility index (Phi) is 4.11. The van der Waals surface area contributed by atoms with Crippen LogP contribution in [0.1, 0.15) is 11.5 Å². The second-order valence-corrected chi connectivity index (χ2v) is 4.19. The number of methoxy groups -OCH3 is 1. The third-order valence-corrected chi connectivity index (χ3v) is 2.76. The maximum Gasteiger partial charge on any atom is 0.278 e. The van der Waals surface area contributed by atoms with E-state index in [1.807, 2.05) is 6.07 Å². The van der Waals surface area contributed by atoms with E-state index in [-0.39, 0.29) is 5.82 Å². The van der Waals surface area contributed by atoms with Gasteiger partial charge in [0.05, 0.1) is 6.42 Å². The number of benzene rings is 1. The van der Waals surface area contributed by atoms with Crippen molar-refractivity contribution in [3.05, 3.63) is 41.5 Å². The van der Waals surface area contributed by atoms with Gasteiger partial charge in [0.15, 0.2) is 0 Å². The molecule has 0 spiro atoms. The Labute approximate surface area is 102 Å². The summed E-state index contributed by atoms with van der Waals surface area (Å²) in [5.41, 5.74) is 0.803. The van der Waals surface area contributed by atoms with E-state index in [0.29, 0.717) is 23.5 Å². The van der Waals surface area contributed by atoms with Crippen LogP contribution in [-0.2, 0) is 11.2 Å². The van der Waals surface area contributed by atoms with Gasteiger partial charge in [-0.2, -0.15) is 0 Å². The van der Waals surface area contributed by atoms with Crippen LogP contribution < -0.4 is 0 Å². The van der Waals surface area contributed by atoms with Gasteiger partial charge >= 0.3 is 0 Å². The van der Waals surface area contributed by atoms with Crippen molar-refractivity contribution < 1.29 is 13.5 Å². The Morgan fingerprint density at radius 1 is 1.41 bits per heavy atom. The molecule has 0 atom stereocenters. The molecule has 0 radical (unpaired) electrons. The van der Waals surface area contributed by atoms with Crippen LogP contribution in [0.25, 0.3) is 0 Å². The lowest BCUT2D eigenvalue weighted by Gasteiger charge is -1.96. The quantitative estimate of drug-likeness (QED) is 0.606. The van der Waals surface area contributed by atoms with Crippen molar-refractivity contribution in [3.8, 4) is 0 Å². The van der Waals surface area contributed by atoms with Crippen molar-refractivity contribution in [1.29, 1.82) is 0 Å². The standard InChI is InChI=1S/C11H11FN2O2S/c1-15-7-17-11-14-13-10(16-11)6-8-3-2-4-9(12)5-8/h2-5H,6-7H2,1H3. The zero-order chi connectivity index (χ0) is 12.1.